The van der Waals surface area contributed by atoms with E-state index < -0.39 is 0 Å². The molecule has 1 amide bonds. The van der Waals surface area contributed by atoms with Crippen molar-refractivity contribution in [3.63, 3.8) is 0 Å². The molecule has 124 valence electrons. The Morgan fingerprint density at radius 2 is 2.27 bits per heavy atom. The number of likely N-dealkylation sites (tertiary alicyclic amines) is 1. The zero-order valence-electron chi connectivity index (χ0n) is 12.8. The predicted octanol–water partition coefficient (Wildman–Crippen LogP) is 1.18. The molecule has 0 aromatic carbocycles. The number of hydrogen-bond donors (Lipinski definition) is 1. The van der Waals surface area contributed by atoms with E-state index in [2.05, 4.69) is 20.1 Å². The lowest BCUT2D eigenvalue weighted by atomic mass is 10.1. The number of halogens is 2. The minimum absolute atomic E-state index is 0. The molecule has 5 nitrogen and oxygen atoms in total. The van der Waals surface area contributed by atoms with Gasteiger partial charge in [-0.3, -0.25) is 14.7 Å². The van der Waals surface area contributed by atoms with E-state index in [1.165, 1.54) is 0 Å². The van der Waals surface area contributed by atoms with E-state index in [0.29, 0.717) is 18.5 Å². The second kappa shape index (κ2) is 8.67. The molecule has 2 fully saturated rings. The van der Waals surface area contributed by atoms with Crippen LogP contribution >= 0.6 is 24.8 Å². The van der Waals surface area contributed by atoms with E-state index in [1.807, 2.05) is 25.4 Å². The van der Waals surface area contributed by atoms with Gasteiger partial charge in [-0.15, -0.1) is 24.8 Å². The second-order valence-corrected chi connectivity index (χ2v) is 5.90. The van der Waals surface area contributed by atoms with Crippen molar-refractivity contribution in [3.05, 3.63) is 30.1 Å². The Labute approximate surface area is 144 Å². The molecular weight excluding hydrogens is 323 g/mol. The number of carbonyl (C=O) groups is 1. The van der Waals surface area contributed by atoms with Crippen molar-refractivity contribution in [3.8, 4) is 0 Å². The van der Waals surface area contributed by atoms with E-state index in [1.54, 1.807) is 6.20 Å². The minimum Gasteiger partial charge on any atom is -0.337 e. The fourth-order valence-electron chi connectivity index (χ4n) is 3.34. The van der Waals surface area contributed by atoms with Crippen molar-refractivity contribution in [1.29, 1.82) is 0 Å². The van der Waals surface area contributed by atoms with Crippen molar-refractivity contribution >= 4 is 30.7 Å². The van der Waals surface area contributed by atoms with Crippen LogP contribution in [0.5, 0.6) is 0 Å². The first-order chi connectivity index (χ1) is 9.74. The standard InChI is InChI=1S/C15H22N4O.2ClH/c1-18(10-12-3-2-5-16-7-12)11-15(20)19-6-4-13-8-17-9-14(13)19;;/h2-3,5,7,13-14,17H,4,6,8-11H2,1H3;2*1H/t13-,14+;;/m0../s1. The molecule has 0 unspecified atom stereocenters. The summed E-state index contributed by atoms with van der Waals surface area (Å²) in [5, 5.41) is 3.39. The minimum atomic E-state index is 0. The number of likely N-dealkylation sites (N-methyl/N-ethyl adjacent to an activating group) is 1. The molecule has 2 saturated heterocycles. The van der Waals surface area contributed by atoms with Crippen molar-refractivity contribution in [2.75, 3.05) is 33.2 Å². The van der Waals surface area contributed by atoms with Gasteiger partial charge in [-0.05, 0) is 31.0 Å². The van der Waals surface area contributed by atoms with Crippen molar-refractivity contribution < 1.29 is 4.79 Å². The molecule has 1 aromatic rings. The SMILES string of the molecule is CN(CC(=O)N1CC[C@H]2CNC[C@H]21)Cc1cccnc1.Cl.Cl. The topological polar surface area (TPSA) is 48.5 Å². The first-order valence-electron chi connectivity index (χ1n) is 7.31. The molecule has 2 aliphatic heterocycles. The van der Waals surface area contributed by atoms with Crippen LogP contribution in [0.25, 0.3) is 0 Å². The number of nitrogens with one attached hydrogen (secondary N) is 1. The maximum atomic E-state index is 12.4. The molecule has 2 aliphatic rings. The maximum Gasteiger partial charge on any atom is 0.237 e. The largest absolute Gasteiger partial charge is 0.337 e. The lowest BCUT2D eigenvalue weighted by Gasteiger charge is -2.26. The third-order valence-corrected chi connectivity index (χ3v) is 4.35. The molecule has 1 aromatic heterocycles. The summed E-state index contributed by atoms with van der Waals surface area (Å²) in [6, 6.07) is 4.40. The lowest BCUT2D eigenvalue weighted by Crippen LogP contribution is -2.43. The van der Waals surface area contributed by atoms with Crippen LogP contribution in [0.4, 0.5) is 0 Å². The Morgan fingerprint density at radius 1 is 1.45 bits per heavy atom. The summed E-state index contributed by atoms with van der Waals surface area (Å²) >= 11 is 0. The highest BCUT2D eigenvalue weighted by Gasteiger charge is 2.39. The summed E-state index contributed by atoms with van der Waals surface area (Å²) < 4.78 is 0. The van der Waals surface area contributed by atoms with Gasteiger partial charge in [-0.1, -0.05) is 6.07 Å². The highest BCUT2D eigenvalue weighted by atomic mass is 35.5. The molecule has 2 atom stereocenters. The third kappa shape index (κ3) is 4.32. The van der Waals surface area contributed by atoms with E-state index in [-0.39, 0.29) is 30.7 Å². The molecule has 0 aliphatic carbocycles. The van der Waals surface area contributed by atoms with Crippen LogP contribution < -0.4 is 5.32 Å². The van der Waals surface area contributed by atoms with Gasteiger partial charge >= 0.3 is 0 Å². The first kappa shape index (κ1) is 19.2. The van der Waals surface area contributed by atoms with Crippen LogP contribution in [0, 0.1) is 5.92 Å². The van der Waals surface area contributed by atoms with E-state index >= 15 is 0 Å². The number of hydrogen-bond acceptors (Lipinski definition) is 4. The molecule has 1 N–H and O–H groups in total. The van der Waals surface area contributed by atoms with Gasteiger partial charge in [0.05, 0.1) is 6.54 Å². The van der Waals surface area contributed by atoms with Gasteiger partial charge in [0.2, 0.25) is 5.91 Å². The first-order valence-corrected chi connectivity index (χ1v) is 7.31. The fourth-order valence-corrected chi connectivity index (χ4v) is 3.34. The highest BCUT2D eigenvalue weighted by Crippen LogP contribution is 2.27. The van der Waals surface area contributed by atoms with Crippen molar-refractivity contribution in [2.24, 2.45) is 5.92 Å². The van der Waals surface area contributed by atoms with Crippen molar-refractivity contribution in [2.45, 2.75) is 19.0 Å². The zero-order valence-corrected chi connectivity index (χ0v) is 14.4. The molecule has 0 radical (unpaired) electrons. The molecule has 0 bridgehead atoms. The molecule has 7 heteroatoms. The van der Waals surface area contributed by atoms with E-state index in [4.69, 9.17) is 0 Å². The predicted molar refractivity (Wildman–Crippen MR) is 91.5 cm³/mol. The number of fused-ring (bicyclic) bond motifs is 1. The van der Waals surface area contributed by atoms with Crippen LogP contribution in [-0.4, -0.2) is 60.0 Å². The Balaban J connectivity index is 0.00000121. The van der Waals surface area contributed by atoms with Crippen LogP contribution in [0.1, 0.15) is 12.0 Å². The summed E-state index contributed by atoms with van der Waals surface area (Å²) in [6.45, 7) is 4.21. The Kier molecular flexibility index (Phi) is 7.56. The Morgan fingerprint density at radius 3 is 3.00 bits per heavy atom. The zero-order chi connectivity index (χ0) is 13.9. The maximum absolute atomic E-state index is 12.4. The smallest absolute Gasteiger partial charge is 0.237 e. The van der Waals surface area contributed by atoms with Crippen LogP contribution in [0.15, 0.2) is 24.5 Å². The molecule has 22 heavy (non-hydrogen) atoms. The van der Waals surface area contributed by atoms with Crippen LogP contribution in [0.3, 0.4) is 0 Å². The van der Waals surface area contributed by atoms with Gasteiger partial charge < -0.3 is 10.2 Å². The fraction of sp³-hybridized carbons (Fsp3) is 0.600. The van der Waals surface area contributed by atoms with Gasteiger partial charge in [0, 0.05) is 44.6 Å². The number of nitrogens with zero attached hydrogens (tertiary/aromatic N) is 3. The summed E-state index contributed by atoms with van der Waals surface area (Å²) in [7, 11) is 1.99. The normalized spacial score (nSPS) is 22.9. The Bertz CT molecular complexity index is 474. The highest BCUT2D eigenvalue weighted by molar-refractivity contribution is 5.85. The van der Waals surface area contributed by atoms with Crippen LogP contribution in [-0.2, 0) is 11.3 Å². The molecule has 3 rings (SSSR count). The quantitative estimate of drug-likeness (QED) is 0.889. The average Bonchev–Trinajstić information content (AvgIpc) is 3.01. The lowest BCUT2D eigenvalue weighted by molar-refractivity contribution is -0.133. The van der Waals surface area contributed by atoms with E-state index in [0.717, 1.165) is 38.2 Å². The van der Waals surface area contributed by atoms with Gasteiger partial charge in [-0.2, -0.15) is 0 Å². The molecular formula is C15H24Cl2N4O. The van der Waals surface area contributed by atoms with Gasteiger partial charge in [-0.25, -0.2) is 0 Å². The van der Waals surface area contributed by atoms with Gasteiger partial charge in [0.1, 0.15) is 0 Å². The summed E-state index contributed by atoms with van der Waals surface area (Å²) in [4.78, 5) is 20.7. The summed E-state index contributed by atoms with van der Waals surface area (Å²) in [5.74, 6) is 0.926. The molecule has 3 heterocycles. The molecule has 0 spiro atoms. The summed E-state index contributed by atoms with van der Waals surface area (Å²) in [6.07, 6.45) is 4.77. The number of aromatic nitrogens is 1. The Hall–Kier alpha value is -0.880. The van der Waals surface area contributed by atoms with Gasteiger partial charge in [0.25, 0.3) is 0 Å². The third-order valence-electron chi connectivity index (χ3n) is 4.35. The number of pyridine rings is 1. The molecule has 0 saturated carbocycles. The monoisotopic (exact) mass is 346 g/mol. The van der Waals surface area contributed by atoms with Gasteiger partial charge in [0.15, 0.2) is 0 Å². The van der Waals surface area contributed by atoms with Crippen molar-refractivity contribution in [1.82, 2.24) is 20.1 Å². The number of carbonyl (C=O) groups excluding carboxylic acids is 1. The van der Waals surface area contributed by atoms with Crippen LogP contribution in [0.2, 0.25) is 0 Å². The average molecular weight is 347 g/mol. The summed E-state index contributed by atoms with van der Waals surface area (Å²) in [5.41, 5.74) is 1.14. The number of amides is 1. The number of rotatable bonds is 4. The van der Waals surface area contributed by atoms with E-state index in [9.17, 15) is 4.79 Å². The second-order valence-electron chi connectivity index (χ2n) is 5.90.